The number of benzene rings is 1. The average Bonchev–Trinajstić information content (AvgIpc) is 2.54. The minimum absolute atomic E-state index is 0.0666. The molecule has 1 aliphatic rings. The first-order chi connectivity index (χ1) is 10.5. The van der Waals surface area contributed by atoms with Crippen molar-refractivity contribution < 1.29 is 13.2 Å². The molecule has 1 aromatic carbocycles. The number of rotatable bonds is 5. The van der Waals surface area contributed by atoms with E-state index in [0.29, 0.717) is 32.5 Å². The van der Waals surface area contributed by atoms with E-state index in [4.69, 9.17) is 0 Å². The third-order valence-corrected chi connectivity index (χ3v) is 5.25. The van der Waals surface area contributed by atoms with Crippen LogP contribution in [0.1, 0.15) is 25.3 Å². The smallest absolute Gasteiger partial charge is 0.317 e. The van der Waals surface area contributed by atoms with Gasteiger partial charge in [-0.2, -0.15) is 0 Å². The molecule has 0 saturated carbocycles. The van der Waals surface area contributed by atoms with Crippen LogP contribution in [0, 0.1) is 0 Å². The summed E-state index contributed by atoms with van der Waals surface area (Å²) >= 11 is 0. The van der Waals surface area contributed by atoms with Crippen molar-refractivity contribution in [2.75, 3.05) is 18.8 Å². The van der Waals surface area contributed by atoms with Crippen molar-refractivity contribution in [3.05, 3.63) is 35.9 Å². The number of hydrogen-bond acceptors (Lipinski definition) is 3. The normalized spacial score (nSPS) is 16.5. The van der Waals surface area contributed by atoms with Gasteiger partial charge in [0.25, 0.3) is 0 Å². The number of piperidine rings is 1. The third-order valence-electron chi connectivity index (χ3n) is 3.79. The molecule has 1 aliphatic heterocycles. The van der Waals surface area contributed by atoms with Gasteiger partial charge in [-0.25, -0.2) is 17.9 Å². The van der Waals surface area contributed by atoms with E-state index in [2.05, 4.69) is 10.0 Å². The second kappa shape index (κ2) is 7.60. The summed E-state index contributed by atoms with van der Waals surface area (Å²) in [6, 6.07) is 9.58. The number of amides is 2. The minimum Gasteiger partial charge on any atom is -0.334 e. The van der Waals surface area contributed by atoms with E-state index in [1.807, 2.05) is 30.3 Å². The van der Waals surface area contributed by atoms with Gasteiger partial charge in [-0.1, -0.05) is 30.3 Å². The predicted molar refractivity (Wildman–Crippen MR) is 85.9 cm³/mol. The van der Waals surface area contributed by atoms with Crippen molar-refractivity contribution in [1.82, 2.24) is 14.9 Å². The molecular weight excluding hydrogens is 302 g/mol. The number of sulfonamides is 1. The van der Waals surface area contributed by atoms with Gasteiger partial charge in [0, 0.05) is 25.7 Å². The minimum atomic E-state index is -3.17. The van der Waals surface area contributed by atoms with Gasteiger partial charge in [0.1, 0.15) is 0 Å². The number of carbonyl (C=O) groups is 1. The van der Waals surface area contributed by atoms with E-state index < -0.39 is 10.0 Å². The molecule has 6 nitrogen and oxygen atoms in total. The van der Waals surface area contributed by atoms with Crippen LogP contribution < -0.4 is 10.0 Å². The van der Waals surface area contributed by atoms with Gasteiger partial charge in [0.2, 0.25) is 10.0 Å². The highest BCUT2D eigenvalue weighted by Gasteiger charge is 2.25. The topological polar surface area (TPSA) is 78.5 Å². The monoisotopic (exact) mass is 325 g/mol. The molecule has 1 heterocycles. The van der Waals surface area contributed by atoms with E-state index in [-0.39, 0.29) is 17.8 Å². The number of carbonyl (C=O) groups excluding carboxylic acids is 1. The summed E-state index contributed by atoms with van der Waals surface area (Å²) in [7, 11) is -3.17. The first-order valence-corrected chi connectivity index (χ1v) is 9.22. The van der Waals surface area contributed by atoms with Crippen LogP contribution in [0.2, 0.25) is 0 Å². The Morgan fingerprint density at radius 3 is 2.45 bits per heavy atom. The summed E-state index contributed by atoms with van der Waals surface area (Å²) < 4.78 is 25.8. The molecular formula is C15H23N3O3S. The predicted octanol–water partition coefficient (Wildman–Crippen LogP) is 1.30. The lowest BCUT2D eigenvalue weighted by molar-refractivity contribution is 0.179. The third kappa shape index (κ3) is 4.99. The highest BCUT2D eigenvalue weighted by molar-refractivity contribution is 7.89. The van der Waals surface area contributed by atoms with E-state index in [0.717, 1.165) is 5.56 Å². The summed E-state index contributed by atoms with van der Waals surface area (Å²) in [5.41, 5.74) is 1.06. The maximum Gasteiger partial charge on any atom is 0.317 e. The molecule has 7 heteroatoms. The molecule has 0 aromatic heterocycles. The zero-order chi connectivity index (χ0) is 16.0. The van der Waals surface area contributed by atoms with Crippen molar-refractivity contribution in [1.29, 1.82) is 0 Å². The van der Waals surface area contributed by atoms with Crippen LogP contribution in [-0.2, 0) is 16.6 Å². The Balaban J connectivity index is 1.75. The molecule has 0 bridgehead atoms. The van der Waals surface area contributed by atoms with Crippen LogP contribution in [0.15, 0.2) is 30.3 Å². The fourth-order valence-electron chi connectivity index (χ4n) is 2.42. The van der Waals surface area contributed by atoms with Gasteiger partial charge in [0.15, 0.2) is 0 Å². The zero-order valence-corrected chi connectivity index (χ0v) is 13.6. The lowest BCUT2D eigenvalue weighted by Crippen LogP contribution is -2.49. The van der Waals surface area contributed by atoms with Crippen LogP contribution in [0.4, 0.5) is 4.79 Å². The lowest BCUT2D eigenvalue weighted by atomic mass is 10.1. The number of nitrogens with one attached hydrogen (secondary N) is 2. The highest BCUT2D eigenvalue weighted by Crippen LogP contribution is 2.11. The number of likely N-dealkylation sites (tertiary alicyclic amines) is 1. The zero-order valence-electron chi connectivity index (χ0n) is 12.8. The molecule has 0 radical (unpaired) electrons. The lowest BCUT2D eigenvalue weighted by Gasteiger charge is -2.32. The Labute approximate surface area is 131 Å². The Bertz CT molecular complexity index is 581. The summed E-state index contributed by atoms with van der Waals surface area (Å²) in [6.07, 6.45) is 1.30. The maximum absolute atomic E-state index is 12.1. The van der Waals surface area contributed by atoms with E-state index in [9.17, 15) is 13.2 Å². The second-order valence-corrected chi connectivity index (χ2v) is 7.47. The maximum atomic E-state index is 12.1. The first kappa shape index (κ1) is 16.8. The van der Waals surface area contributed by atoms with E-state index in [1.165, 1.54) is 0 Å². The molecule has 22 heavy (non-hydrogen) atoms. The van der Waals surface area contributed by atoms with Crippen molar-refractivity contribution >= 4 is 16.1 Å². The fourth-order valence-corrected chi connectivity index (χ4v) is 3.33. The molecule has 2 rings (SSSR count). The molecule has 0 spiro atoms. The molecule has 0 unspecified atom stereocenters. The molecule has 0 atom stereocenters. The van der Waals surface area contributed by atoms with Gasteiger partial charge in [-0.15, -0.1) is 0 Å². The number of nitrogens with zero attached hydrogens (tertiary/aromatic N) is 1. The quantitative estimate of drug-likeness (QED) is 0.856. The second-order valence-electron chi connectivity index (χ2n) is 5.43. The Hall–Kier alpha value is -1.60. The van der Waals surface area contributed by atoms with E-state index in [1.54, 1.807) is 11.8 Å². The standard InChI is InChI=1S/C15H23N3O3S/c1-2-22(20,21)17-14-8-10-18(11-9-14)15(19)16-12-13-6-4-3-5-7-13/h3-7,14,17H,2,8-12H2,1H3,(H,16,19). The van der Waals surface area contributed by atoms with Crippen LogP contribution in [-0.4, -0.2) is 44.2 Å². The average molecular weight is 325 g/mol. The Morgan fingerprint density at radius 1 is 1.23 bits per heavy atom. The first-order valence-electron chi connectivity index (χ1n) is 7.57. The van der Waals surface area contributed by atoms with Gasteiger partial charge in [-0.3, -0.25) is 0 Å². The number of urea groups is 1. The van der Waals surface area contributed by atoms with Gasteiger partial charge >= 0.3 is 6.03 Å². The molecule has 1 saturated heterocycles. The molecule has 1 aromatic rings. The molecule has 122 valence electrons. The Morgan fingerprint density at radius 2 is 1.86 bits per heavy atom. The van der Waals surface area contributed by atoms with Crippen molar-refractivity contribution in [2.24, 2.45) is 0 Å². The summed E-state index contributed by atoms with van der Waals surface area (Å²) in [5, 5.41) is 2.89. The Kier molecular flexibility index (Phi) is 5.79. The summed E-state index contributed by atoms with van der Waals surface area (Å²) in [4.78, 5) is 13.8. The van der Waals surface area contributed by atoms with Crippen molar-refractivity contribution in [2.45, 2.75) is 32.4 Å². The molecule has 2 amide bonds. The van der Waals surface area contributed by atoms with Gasteiger partial charge in [-0.05, 0) is 25.3 Å². The van der Waals surface area contributed by atoms with Crippen LogP contribution in [0.5, 0.6) is 0 Å². The van der Waals surface area contributed by atoms with Gasteiger partial charge in [0.05, 0.1) is 5.75 Å². The molecule has 2 N–H and O–H groups in total. The van der Waals surface area contributed by atoms with Crippen molar-refractivity contribution in [3.63, 3.8) is 0 Å². The van der Waals surface area contributed by atoms with Crippen LogP contribution >= 0.6 is 0 Å². The van der Waals surface area contributed by atoms with Crippen LogP contribution in [0.25, 0.3) is 0 Å². The molecule has 0 aliphatic carbocycles. The SMILES string of the molecule is CCS(=O)(=O)NC1CCN(C(=O)NCc2ccccc2)CC1. The van der Waals surface area contributed by atoms with Crippen molar-refractivity contribution in [3.8, 4) is 0 Å². The molecule has 1 fully saturated rings. The fraction of sp³-hybridized carbons (Fsp3) is 0.533. The van der Waals surface area contributed by atoms with Gasteiger partial charge < -0.3 is 10.2 Å². The summed E-state index contributed by atoms with van der Waals surface area (Å²) in [6.45, 7) is 3.26. The largest absolute Gasteiger partial charge is 0.334 e. The number of hydrogen-bond donors (Lipinski definition) is 2. The highest BCUT2D eigenvalue weighted by atomic mass is 32.2. The summed E-state index contributed by atoms with van der Waals surface area (Å²) in [5.74, 6) is 0.0881. The van der Waals surface area contributed by atoms with Crippen LogP contribution in [0.3, 0.4) is 0 Å². The van der Waals surface area contributed by atoms with E-state index >= 15 is 0 Å².